The maximum Gasteiger partial charge on any atom is 0.141 e. The number of hydrogen-bond donors (Lipinski definition) is 0. The number of benzene rings is 1. The Bertz CT molecular complexity index is 359. The number of hydrogen-bond acceptors (Lipinski definition) is 1. The van der Waals surface area contributed by atoms with Gasteiger partial charge in [0.05, 0.1) is 0 Å². The van der Waals surface area contributed by atoms with Crippen LogP contribution in [0.4, 0.5) is 0 Å². The molecule has 0 aliphatic heterocycles. The van der Waals surface area contributed by atoms with Gasteiger partial charge in [-0.2, -0.15) is 0 Å². The molecule has 0 atom stereocenters. The average molecular weight is 217 g/mol. The molecular formula is C9H6Cl2S. The van der Waals surface area contributed by atoms with Crippen LogP contribution in [0.25, 0.3) is 10.1 Å². The molecule has 1 aromatic carbocycles. The topological polar surface area (TPSA) is 0 Å². The monoisotopic (exact) mass is 216 g/mol. The third-order valence-electron chi connectivity index (χ3n) is 1.66. The molecule has 0 unspecified atom stereocenters. The van der Waals surface area contributed by atoms with E-state index < -0.39 is 4.84 Å². The van der Waals surface area contributed by atoms with E-state index in [4.69, 9.17) is 23.2 Å². The molecule has 62 valence electrons. The Labute approximate surface area is 84.7 Å². The minimum atomic E-state index is -0.401. The van der Waals surface area contributed by atoms with E-state index in [0.29, 0.717) is 0 Å². The van der Waals surface area contributed by atoms with E-state index in [0.717, 1.165) is 4.88 Å². The zero-order chi connectivity index (χ0) is 8.55. The van der Waals surface area contributed by atoms with Crippen LogP contribution in [0.5, 0.6) is 0 Å². The van der Waals surface area contributed by atoms with Crippen molar-refractivity contribution in [3.8, 4) is 0 Å². The van der Waals surface area contributed by atoms with E-state index >= 15 is 0 Å². The summed E-state index contributed by atoms with van der Waals surface area (Å²) in [7, 11) is 0. The molecular weight excluding hydrogens is 211 g/mol. The van der Waals surface area contributed by atoms with Gasteiger partial charge < -0.3 is 0 Å². The number of fused-ring (bicyclic) bond motifs is 1. The van der Waals surface area contributed by atoms with Crippen LogP contribution in [-0.2, 0) is 0 Å². The summed E-state index contributed by atoms with van der Waals surface area (Å²) in [5.41, 5.74) is 0. The second-order valence-corrected chi connectivity index (χ2v) is 4.70. The molecule has 0 saturated heterocycles. The summed E-state index contributed by atoms with van der Waals surface area (Å²) in [6.07, 6.45) is 0. The van der Waals surface area contributed by atoms with Crippen LogP contribution in [0.15, 0.2) is 30.3 Å². The van der Waals surface area contributed by atoms with E-state index in [2.05, 4.69) is 12.1 Å². The van der Waals surface area contributed by atoms with Crippen LogP contribution in [0.1, 0.15) is 9.71 Å². The molecule has 0 bridgehead atoms. The van der Waals surface area contributed by atoms with Crippen molar-refractivity contribution in [1.82, 2.24) is 0 Å². The van der Waals surface area contributed by atoms with E-state index in [1.54, 1.807) is 11.3 Å². The molecule has 0 saturated carbocycles. The number of thiophene rings is 1. The van der Waals surface area contributed by atoms with Gasteiger partial charge in [-0.15, -0.1) is 11.3 Å². The Morgan fingerprint density at radius 1 is 1.17 bits per heavy atom. The van der Waals surface area contributed by atoms with E-state index in [1.807, 2.05) is 18.2 Å². The van der Waals surface area contributed by atoms with Gasteiger partial charge >= 0.3 is 0 Å². The van der Waals surface area contributed by atoms with Crippen molar-refractivity contribution in [3.05, 3.63) is 35.2 Å². The van der Waals surface area contributed by atoms with Gasteiger partial charge in [0.25, 0.3) is 0 Å². The normalized spacial score (nSPS) is 11.2. The lowest BCUT2D eigenvalue weighted by Gasteiger charge is -1.90. The highest BCUT2D eigenvalue weighted by Gasteiger charge is 2.06. The van der Waals surface area contributed by atoms with Gasteiger partial charge in [0.2, 0.25) is 0 Å². The zero-order valence-corrected chi connectivity index (χ0v) is 8.46. The molecule has 1 aromatic heterocycles. The van der Waals surface area contributed by atoms with E-state index in [1.165, 1.54) is 10.1 Å². The molecule has 0 amide bonds. The maximum atomic E-state index is 5.75. The highest BCUT2D eigenvalue weighted by molar-refractivity contribution is 7.19. The quantitative estimate of drug-likeness (QED) is 0.622. The second kappa shape index (κ2) is 3.25. The first-order chi connectivity index (χ1) is 5.77. The summed E-state index contributed by atoms with van der Waals surface area (Å²) in [5.74, 6) is 0. The average Bonchev–Trinajstić information content (AvgIpc) is 2.46. The molecule has 12 heavy (non-hydrogen) atoms. The first-order valence-electron chi connectivity index (χ1n) is 3.54. The lowest BCUT2D eigenvalue weighted by Crippen LogP contribution is -1.68. The molecule has 0 aliphatic rings. The van der Waals surface area contributed by atoms with Gasteiger partial charge in [-0.25, -0.2) is 0 Å². The van der Waals surface area contributed by atoms with Crippen molar-refractivity contribution < 1.29 is 0 Å². The van der Waals surface area contributed by atoms with Crippen LogP contribution < -0.4 is 0 Å². The van der Waals surface area contributed by atoms with E-state index in [9.17, 15) is 0 Å². The molecule has 0 fully saturated rings. The van der Waals surface area contributed by atoms with Crippen LogP contribution in [0, 0.1) is 0 Å². The van der Waals surface area contributed by atoms with Crippen LogP contribution in [-0.4, -0.2) is 0 Å². The van der Waals surface area contributed by atoms with Gasteiger partial charge in [0, 0.05) is 9.58 Å². The second-order valence-electron chi connectivity index (χ2n) is 2.49. The maximum absolute atomic E-state index is 5.75. The summed E-state index contributed by atoms with van der Waals surface area (Å²) in [4.78, 5) is 0.613. The number of rotatable bonds is 1. The predicted octanol–water partition coefficient (Wildman–Crippen LogP) is 4.38. The van der Waals surface area contributed by atoms with Gasteiger partial charge in [0.1, 0.15) is 4.84 Å². The summed E-state index contributed by atoms with van der Waals surface area (Å²) in [6.45, 7) is 0. The smallest absolute Gasteiger partial charge is 0.137 e. The fourth-order valence-corrected chi connectivity index (χ4v) is 2.42. The van der Waals surface area contributed by atoms with Crippen molar-refractivity contribution in [1.29, 1.82) is 0 Å². The Hall–Kier alpha value is -0.240. The molecule has 3 heteroatoms. The lowest BCUT2D eigenvalue weighted by atomic mass is 10.2. The van der Waals surface area contributed by atoms with Crippen molar-refractivity contribution in [2.45, 2.75) is 4.84 Å². The van der Waals surface area contributed by atoms with Crippen molar-refractivity contribution in [3.63, 3.8) is 0 Å². The minimum absolute atomic E-state index is 0.401. The van der Waals surface area contributed by atoms with Gasteiger partial charge in [0.15, 0.2) is 0 Å². The number of alkyl halides is 2. The SMILES string of the molecule is ClC(Cl)c1cc2ccccc2s1. The van der Waals surface area contributed by atoms with Crippen LogP contribution >= 0.6 is 34.5 Å². The highest BCUT2D eigenvalue weighted by atomic mass is 35.5. The Kier molecular flexibility index (Phi) is 2.26. The molecule has 0 spiro atoms. The van der Waals surface area contributed by atoms with Crippen LogP contribution in [0.3, 0.4) is 0 Å². The summed E-state index contributed by atoms with van der Waals surface area (Å²) < 4.78 is 1.24. The summed E-state index contributed by atoms with van der Waals surface area (Å²) in [6, 6.07) is 10.2. The molecule has 0 nitrogen and oxygen atoms in total. The van der Waals surface area contributed by atoms with Crippen molar-refractivity contribution in [2.24, 2.45) is 0 Å². The first-order valence-corrected chi connectivity index (χ1v) is 5.23. The summed E-state index contributed by atoms with van der Waals surface area (Å²) in [5, 5.41) is 1.21. The highest BCUT2D eigenvalue weighted by Crippen LogP contribution is 2.34. The predicted molar refractivity (Wildman–Crippen MR) is 56.3 cm³/mol. The molecule has 0 N–H and O–H groups in total. The third-order valence-corrected chi connectivity index (χ3v) is 3.57. The minimum Gasteiger partial charge on any atom is -0.137 e. The van der Waals surface area contributed by atoms with E-state index in [-0.39, 0.29) is 0 Å². The first kappa shape index (κ1) is 8.36. The summed E-state index contributed by atoms with van der Waals surface area (Å²) >= 11 is 13.1. The largest absolute Gasteiger partial charge is 0.141 e. The van der Waals surface area contributed by atoms with Crippen LogP contribution in [0.2, 0.25) is 0 Å². The Morgan fingerprint density at radius 2 is 1.92 bits per heavy atom. The molecule has 2 aromatic rings. The molecule has 2 rings (SSSR count). The molecule has 1 heterocycles. The van der Waals surface area contributed by atoms with Crippen molar-refractivity contribution >= 4 is 44.6 Å². The van der Waals surface area contributed by atoms with Gasteiger partial charge in [-0.05, 0) is 17.5 Å². The fraction of sp³-hybridized carbons (Fsp3) is 0.111. The van der Waals surface area contributed by atoms with Crippen molar-refractivity contribution in [2.75, 3.05) is 0 Å². The standard InChI is InChI=1S/C9H6Cl2S/c10-9(11)8-5-6-3-1-2-4-7(6)12-8/h1-5,9H. The molecule has 0 aliphatic carbocycles. The lowest BCUT2D eigenvalue weighted by molar-refractivity contribution is 1.46. The molecule has 0 radical (unpaired) electrons. The van der Waals surface area contributed by atoms with Gasteiger partial charge in [-0.3, -0.25) is 0 Å². The zero-order valence-electron chi connectivity index (χ0n) is 6.13. The Balaban J connectivity index is 2.62. The third kappa shape index (κ3) is 1.45. The fourth-order valence-electron chi connectivity index (χ4n) is 1.11. The number of halogens is 2. The van der Waals surface area contributed by atoms with Gasteiger partial charge in [-0.1, -0.05) is 41.4 Å². The Morgan fingerprint density at radius 3 is 2.58 bits per heavy atom.